The molecule has 0 saturated carbocycles. The van der Waals surface area contributed by atoms with Crippen molar-refractivity contribution in [2.45, 2.75) is 18.8 Å². The van der Waals surface area contributed by atoms with Crippen molar-refractivity contribution in [1.29, 1.82) is 0 Å². The van der Waals surface area contributed by atoms with E-state index in [1.165, 1.54) is 23.5 Å². The van der Waals surface area contributed by atoms with Crippen LogP contribution in [0.25, 0.3) is 0 Å². The van der Waals surface area contributed by atoms with Crippen molar-refractivity contribution < 1.29 is 14.0 Å². The van der Waals surface area contributed by atoms with Crippen LogP contribution in [0.3, 0.4) is 0 Å². The monoisotopic (exact) mass is 430 g/mol. The highest BCUT2D eigenvalue weighted by Crippen LogP contribution is 2.34. The third-order valence-corrected chi connectivity index (χ3v) is 5.83. The van der Waals surface area contributed by atoms with E-state index < -0.39 is 0 Å². The van der Waals surface area contributed by atoms with Crippen LogP contribution in [0.4, 0.5) is 15.2 Å². The number of hydrogen-bond acceptors (Lipinski definition) is 5. The average molecular weight is 431 g/mol. The zero-order chi connectivity index (χ0) is 20.4. The van der Waals surface area contributed by atoms with Crippen LogP contribution < -0.4 is 10.2 Å². The lowest BCUT2D eigenvalue weighted by molar-refractivity contribution is -0.117. The number of aromatic nitrogens is 2. The largest absolute Gasteiger partial charge is 0.312 e. The normalized spacial score (nSPS) is 16.3. The minimum atomic E-state index is -0.347. The standard InChI is InChI=1S/C20H16ClFN4O2S/c21-14-3-1-12(2-4-14)9-17(27)23-20-25-24-19(29-20)13-10-18(28)26(11-13)16-7-5-15(22)6-8-16/h1-8,13H,9-11H2,(H,23,25,27). The number of rotatable bonds is 5. The molecular weight excluding hydrogens is 415 g/mol. The molecule has 2 aromatic carbocycles. The molecule has 0 radical (unpaired) electrons. The van der Waals surface area contributed by atoms with Gasteiger partial charge in [0.05, 0.1) is 6.42 Å². The van der Waals surface area contributed by atoms with Crippen LogP contribution in [0, 0.1) is 5.82 Å². The third-order valence-electron chi connectivity index (χ3n) is 4.58. The molecule has 1 aliphatic rings. The van der Waals surface area contributed by atoms with Crippen LogP contribution in [0.5, 0.6) is 0 Å². The van der Waals surface area contributed by atoms with Crippen LogP contribution in [-0.4, -0.2) is 28.6 Å². The SMILES string of the molecule is O=C(Cc1ccc(Cl)cc1)Nc1nnc(C2CC(=O)N(c3ccc(F)cc3)C2)s1. The van der Waals surface area contributed by atoms with Gasteiger partial charge in [-0.1, -0.05) is 35.1 Å². The van der Waals surface area contributed by atoms with E-state index in [4.69, 9.17) is 11.6 Å². The summed E-state index contributed by atoms with van der Waals surface area (Å²) in [6, 6.07) is 12.9. The molecule has 9 heteroatoms. The lowest BCUT2D eigenvalue weighted by Gasteiger charge is -2.16. The van der Waals surface area contributed by atoms with E-state index in [1.54, 1.807) is 41.3 Å². The van der Waals surface area contributed by atoms with Gasteiger partial charge in [0.15, 0.2) is 0 Å². The summed E-state index contributed by atoms with van der Waals surface area (Å²) in [6.45, 7) is 0.442. The maximum Gasteiger partial charge on any atom is 0.230 e. The fourth-order valence-electron chi connectivity index (χ4n) is 3.14. The molecule has 1 fully saturated rings. The Bertz CT molecular complexity index is 1040. The van der Waals surface area contributed by atoms with Crippen molar-refractivity contribution in [1.82, 2.24) is 10.2 Å². The lowest BCUT2D eigenvalue weighted by Crippen LogP contribution is -2.24. The molecule has 29 heavy (non-hydrogen) atoms. The number of nitrogens with zero attached hydrogens (tertiary/aromatic N) is 3. The highest BCUT2D eigenvalue weighted by atomic mass is 35.5. The van der Waals surface area contributed by atoms with Gasteiger partial charge in [0.1, 0.15) is 10.8 Å². The maximum absolute atomic E-state index is 13.1. The van der Waals surface area contributed by atoms with E-state index in [9.17, 15) is 14.0 Å². The molecule has 1 unspecified atom stereocenters. The Labute approximate surface area is 175 Å². The summed E-state index contributed by atoms with van der Waals surface area (Å²) in [4.78, 5) is 26.2. The van der Waals surface area contributed by atoms with E-state index in [1.807, 2.05) is 0 Å². The number of hydrogen-bond donors (Lipinski definition) is 1. The molecule has 3 aromatic rings. The van der Waals surface area contributed by atoms with Gasteiger partial charge in [-0.05, 0) is 42.0 Å². The Morgan fingerprint density at radius 1 is 1.17 bits per heavy atom. The van der Waals surface area contributed by atoms with Crippen molar-refractivity contribution in [3.05, 3.63) is 69.9 Å². The van der Waals surface area contributed by atoms with Crippen molar-refractivity contribution in [2.24, 2.45) is 0 Å². The van der Waals surface area contributed by atoms with Gasteiger partial charge in [-0.15, -0.1) is 10.2 Å². The van der Waals surface area contributed by atoms with E-state index in [0.717, 1.165) is 5.56 Å². The Balaban J connectivity index is 1.38. The van der Waals surface area contributed by atoms with Gasteiger partial charge in [0.2, 0.25) is 16.9 Å². The van der Waals surface area contributed by atoms with Gasteiger partial charge in [-0.2, -0.15) is 0 Å². The maximum atomic E-state index is 13.1. The molecule has 1 N–H and O–H groups in total. The number of nitrogens with one attached hydrogen (secondary N) is 1. The van der Waals surface area contributed by atoms with Crippen LogP contribution in [0.15, 0.2) is 48.5 Å². The number of anilines is 2. The van der Waals surface area contributed by atoms with E-state index in [2.05, 4.69) is 15.5 Å². The van der Waals surface area contributed by atoms with Crippen molar-refractivity contribution >= 4 is 45.6 Å². The van der Waals surface area contributed by atoms with E-state index >= 15 is 0 Å². The molecule has 2 heterocycles. The molecule has 6 nitrogen and oxygen atoms in total. The van der Waals surface area contributed by atoms with E-state index in [0.29, 0.717) is 33.8 Å². The highest BCUT2D eigenvalue weighted by Gasteiger charge is 2.34. The van der Waals surface area contributed by atoms with Gasteiger partial charge < -0.3 is 10.2 Å². The molecule has 1 aliphatic heterocycles. The molecule has 0 bridgehead atoms. The molecule has 4 rings (SSSR count). The molecule has 1 atom stereocenters. The Morgan fingerprint density at radius 2 is 1.90 bits per heavy atom. The lowest BCUT2D eigenvalue weighted by atomic mass is 10.1. The molecule has 148 valence electrons. The first-order valence-corrected chi connectivity index (χ1v) is 10.1. The number of carbonyl (C=O) groups excluding carboxylic acids is 2. The topological polar surface area (TPSA) is 75.2 Å². The van der Waals surface area contributed by atoms with E-state index in [-0.39, 0.29) is 30.0 Å². The molecule has 1 saturated heterocycles. The zero-order valence-electron chi connectivity index (χ0n) is 15.1. The Morgan fingerprint density at radius 3 is 2.62 bits per heavy atom. The summed E-state index contributed by atoms with van der Waals surface area (Å²) in [5, 5.41) is 12.6. The Kier molecular flexibility index (Phi) is 5.55. The van der Waals surface area contributed by atoms with Gasteiger partial charge in [-0.3, -0.25) is 9.59 Å². The minimum Gasteiger partial charge on any atom is -0.312 e. The van der Waals surface area contributed by atoms with Crippen molar-refractivity contribution in [2.75, 3.05) is 16.8 Å². The number of carbonyl (C=O) groups is 2. The molecule has 2 amide bonds. The fraction of sp³-hybridized carbons (Fsp3) is 0.200. The second-order valence-electron chi connectivity index (χ2n) is 6.68. The minimum absolute atomic E-state index is 0.0508. The third kappa shape index (κ3) is 4.60. The summed E-state index contributed by atoms with van der Waals surface area (Å²) in [6.07, 6.45) is 0.497. The van der Waals surface area contributed by atoms with Crippen LogP contribution >= 0.6 is 22.9 Å². The number of amides is 2. The van der Waals surface area contributed by atoms with Crippen LogP contribution in [0.1, 0.15) is 22.9 Å². The van der Waals surface area contributed by atoms with Gasteiger partial charge in [0, 0.05) is 29.6 Å². The second-order valence-corrected chi connectivity index (χ2v) is 8.12. The summed E-state index contributed by atoms with van der Waals surface area (Å²) in [7, 11) is 0. The first-order chi connectivity index (χ1) is 14.0. The molecular formula is C20H16ClFN4O2S. The smallest absolute Gasteiger partial charge is 0.230 e. The van der Waals surface area contributed by atoms with Crippen LogP contribution in [0.2, 0.25) is 5.02 Å². The Hall–Kier alpha value is -2.84. The molecule has 1 aromatic heterocycles. The summed E-state index contributed by atoms with van der Waals surface area (Å²) < 4.78 is 13.1. The first-order valence-electron chi connectivity index (χ1n) is 8.91. The molecule has 0 spiro atoms. The average Bonchev–Trinajstić information content (AvgIpc) is 3.31. The zero-order valence-corrected chi connectivity index (χ0v) is 16.7. The fourth-order valence-corrected chi connectivity index (χ4v) is 4.12. The van der Waals surface area contributed by atoms with Gasteiger partial charge in [0.25, 0.3) is 0 Å². The van der Waals surface area contributed by atoms with Crippen molar-refractivity contribution in [3.63, 3.8) is 0 Å². The van der Waals surface area contributed by atoms with Crippen LogP contribution in [-0.2, 0) is 16.0 Å². The summed E-state index contributed by atoms with van der Waals surface area (Å²) >= 11 is 7.11. The predicted octanol–water partition coefficient (Wildman–Crippen LogP) is 4.03. The quantitative estimate of drug-likeness (QED) is 0.663. The number of benzene rings is 2. The first kappa shape index (κ1) is 19.5. The highest BCUT2D eigenvalue weighted by molar-refractivity contribution is 7.15. The van der Waals surface area contributed by atoms with Gasteiger partial charge in [-0.25, -0.2) is 4.39 Å². The second kappa shape index (κ2) is 8.26. The number of halogens is 2. The van der Waals surface area contributed by atoms with Crippen molar-refractivity contribution in [3.8, 4) is 0 Å². The molecule has 0 aliphatic carbocycles. The predicted molar refractivity (Wildman–Crippen MR) is 110 cm³/mol. The summed E-state index contributed by atoms with van der Waals surface area (Å²) in [5.41, 5.74) is 1.49. The van der Waals surface area contributed by atoms with Gasteiger partial charge >= 0.3 is 0 Å². The summed E-state index contributed by atoms with van der Waals surface area (Å²) in [5.74, 6) is -0.720.